The van der Waals surface area contributed by atoms with Crippen LogP contribution in [0.4, 0.5) is 0 Å². The molecule has 0 aliphatic carbocycles. The first-order chi connectivity index (χ1) is 9.81. The quantitative estimate of drug-likeness (QED) is 0.775. The topological polar surface area (TPSA) is 45.0 Å². The molecule has 3 rings (SSSR count). The fourth-order valence-electron chi connectivity index (χ4n) is 3.71. The van der Waals surface area contributed by atoms with Gasteiger partial charge in [-0.15, -0.1) is 0 Å². The van der Waals surface area contributed by atoms with Gasteiger partial charge in [-0.25, -0.2) is 0 Å². The summed E-state index contributed by atoms with van der Waals surface area (Å²) in [5.41, 5.74) is 6.00. The smallest absolute Gasteiger partial charge is 0.0594 e. The maximum atomic E-state index is 6.00. The van der Waals surface area contributed by atoms with Crippen molar-refractivity contribution >= 4 is 0 Å². The number of likely N-dealkylation sites (tertiary alicyclic amines) is 2. The maximum Gasteiger partial charge on any atom is 0.0594 e. The molecule has 5 heteroatoms. The zero-order chi connectivity index (χ0) is 13.8. The number of ether oxygens (including phenoxy) is 1. The molecule has 1 unspecified atom stereocenters. The van der Waals surface area contributed by atoms with Crippen molar-refractivity contribution in [3.8, 4) is 0 Å². The summed E-state index contributed by atoms with van der Waals surface area (Å²) in [4.78, 5) is 7.86. The summed E-state index contributed by atoms with van der Waals surface area (Å²) in [5.74, 6) is 0. The van der Waals surface area contributed by atoms with E-state index in [4.69, 9.17) is 10.5 Å². The van der Waals surface area contributed by atoms with Crippen molar-refractivity contribution in [3.05, 3.63) is 0 Å². The van der Waals surface area contributed by atoms with Crippen molar-refractivity contribution in [2.24, 2.45) is 5.73 Å². The van der Waals surface area contributed by atoms with Gasteiger partial charge in [0.25, 0.3) is 0 Å². The first-order valence-electron chi connectivity index (χ1n) is 8.33. The second-order valence-corrected chi connectivity index (χ2v) is 6.57. The van der Waals surface area contributed by atoms with Crippen LogP contribution in [-0.2, 0) is 4.74 Å². The van der Waals surface area contributed by atoms with E-state index in [-0.39, 0.29) is 0 Å². The summed E-state index contributed by atoms with van der Waals surface area (Å²) >= 11 is 0. The fourth-order valence-corrected chi connectivity index (χ4v) is 3.71. The van der Waals surface area contributed by atoms with E-state index in [2.05, 4.69) is 14.7 Å². The van der Waals surface area contributed by atoms with Crippen LogP contribution in [0.2, 0.25) is 0 Å². The lowest BCUT2D eigenvalue weighted by Crippen LogP contribution is -2.46. The van der Waals surface area contributed by atoms with Crippen molar-refractivity contribution in [1.29, 1.82) is 0 Å². The largest absolute Gasteiger partial charge is 0.379 e. The predicted molar refractivity (Wildman–Crippen MR) is 80.9 cm³/mol. The number of morpholine rings is 1. The van der Waals surface area contributed by atoms with Gasteiger partial charge in [0, 0.05) is 44.8 Å². The number of rotatable bonds is 4. The third-order valence-electron chi connectivity index (χ3n) is 5.17. The van der Waals surface area contributed by atoms with E-state index in [0.29, 0.717) is 6.04 Å². The molecule has 0 radical (unpaired) electrons. The summed E-state index contributed by atoms with van der Waals surface area (Å²) in [6.45, 7) is 11.4. The van der Waals surface area contributed by atoms with E-state index in [9.17, 15) is 0 Å². The Labute approximate surface area is 123 Å². The zero-order valence-corrected chi connectivity index (χ0v) is 12.7. The fraction of sp³-hybridized carbons (Fsp3) is 1.00. The molecule has 3 saturated heterocycles. The first-order valence-corrected chi connectivity index (χ1v) is 8.33. The Balaban J connectivity index is 1.36. The average molecular weight is 282 g/mol. The van der Waals surface area contributed by atoms with E-state index in [1.54, 1.807) is 0 Å². The van der Waals surface area contributed by atoms with Gasteiger partial charge < -0.3 is 15.4 Å². The van der Waals surface area contributed by atoms with Gasteiger partial charge in [-0.1, -0.05) is 0 Å². The molecule has 0 saturated carbocycles. The minimum absolute atomic E-state index is 0.449. The lowest BCUT2D eigenvalue weighted by molar-refractivity contribution is 0.0340. The highest BCUT2D eigenvalue weighted by Crippen LogP contribution is 2.19. The van der Waals surface area contributed by atoms with Crippen molar-refractivity contribution < 1.29 is 4.74 Å². The standard InChI is InChI=1S/C15H30N4O/c16-14-1-5-19(6-2-14)15-3-4-18(13-15)8-7-17-9-11-20-12-10-17/h14-15H,1-13,16H2. The second kappa shape index (κ2) is 7.18. The van der Waals surface area contributed by atoms with Gasteiger partial charge in [0.05, 0.1) is 13.2 Å². The SMILES string of the molecule is NC1CCN(C2CCN(CCN3CCOCC3)C2)CC1. The molecule has 0 spiro atoms. The Morgan fingerprint density at radius 3 is 2.30 bits per heavy atom. The summed E-state index contributed by atoms with van der Waals surface area (Å²) < 4.78 is 5.40. The highest BCUT2D eigenvalue weighted by molar-refractivity contribution is 4.87. The van der Waals surface area contributed by atoms with Crippen molar-refractivity contribution in [2.45, 2.75) is 31.3 Å². The van der Waals surface area contributed by atoms with Crippen LogP contribution in [0.1, 0.15) is 19.3 Å². The molecule has 0 aromatic rings. The Morgan fingerprint density at radius 2 is 1.55 bits per heavy atom. The van der Waals surface area contributed by atoms with Crippen LogP contribution < -0.4 is 5.73 Å². The Kier molecular flexibility index (Phi) is 5.29. The molecule has 20 heavy (non-hydrogen) atoms. The Hall–Kier alpha value is -0.200. The van der Waals surface area contributed by atoms with Gasteiger partial charge in [0.2, 0.25) is 0 Å². The zero-order valence-electron chi connectivity index (χ0n) is 12.7. The Bertz CT molecular complexity index is 288. The third-order valence-corrected chi connectivity index (χ3v) is 5.17. The lowest BCUT2D eigenvalue weighted by Gasteiger charge is -2.35. The molecular weight excluding hydrogens is 252 g/mol. The van der Waals surface area contributed by atoms with Gasteiger partial charge in [-0.05, 0) is 38.9 Å². The van der Waals surface area contributed by atoms with E-state index < -0.39 is 0 Å². The highest BCUT2D eigenvalue weighted by Gasteiger charge is 2.29. The van der Waals surface area contributed by atoms with Gasteiger partial charge >= 0.3 is 0 Å². The van der Waals surface area contributed by atoms with E-state index in [1.165, 1.54) is 58.5 Å². The first kappa shape index (κ1) is 14.7. The maximum absolute atomic E-state index is 6.00. The molecule has 0 aromatic heterocycles. The van der Waals surface area contributed by atoms with E-state index >= 15 is 0 Å². The van der Waals surface area contributed by atoms with Crippen LogP contribution in [0.3, 0.4) is 0 Å². The highest BCUT2D eigenvalue weighted by atomic mass is 16.5. The molecule has 3 fully saturated rings. The van der Waals surface area contributed by atoms with Crippen molar-refractivity contribution in [2.75, 3.05) is 65.6 Å². The summed E-state index contributed by atoms with van der Waals surface area (Å²) in [6.07, 6.45) is 3.72. The minimum Gasteiger partial charge on any atom is -0.379 e. The average Bonchev–Trinajstić information content (AvgIpc) is 2.96. The number of piperidine rings is 1. The molecule has 3 heterocycles. The monoisotopic (exact) mass is 282 g/mol. The third kappa shape index (κ3) is 3.92. The van der Waals surface area contributed by atoms with Crippen LogP contribution in [0, 0.1) is 0 Å². The number of nitrogens with two attached hydrogens (primary N) is 1. The minimum atomic E-state index is 0.449. The molecule has 5 nitrogen and oxygen atoms in total. The normalized spacial score (nSPS) is 31.9. The van der Waals surface area contributed by atoms with Crippen LogP contribution in [0.5, 0.6) is 0 Å². The number of hydrogen-bond acceptors (Lipinski definition) is 5. The van der Waals surface area contributed by atoms with Gasteiger partial charge in [-0.3, -0.25) is 9.80 Å². The molecule has 3 aliphatic heterocycles. The predicted octanol–water partition coefficient (Wildman–Crippen LogP) is -0.184. The molecule has 1 atom stereocenters. The second-order valence-electron chi connectivity index (χ2n) is 6.57. The molecule has 3 aliphatic rings. The summed E-state index contributed by atoms with van der Waals surface area (Å²) in [6, 6.07) is 1.23. The van der Waals surface area contributed by atoms with Crippen LogP contribution in [0.25, 0.3) is 0 Å². The van der Waals surface area contributed by atoms with Gasteiger partial charge in [0.1, 0.15) is 0 Å². The molecule has 0 amide bonds. The van der Waals surface area contributed by atoms with Crippen LogP contribution in [0.15, 0.2) is 0 Å². The Morgan fingerprint density at radius 1 is 0.850 bits per heavy atom. The molecule has 0 bridgehead atoms. The van der Waals surface area contributed by atoms with Gasteiger partial charge in [-0.2, -0.15) is 0 Å². The van der Waals surface area contributed by atoms with E-state index in [1.807, 2.05) is 0 Å². The van der Waals surface area contributed by atoms with Crippen LogP contribution in [-0.4, -0.2) is 92.4 Å². The van der Waals surface area contributed by atoms with Gasteiger partial charge in [0.15, 0.2) is 0 Å². The summed E-state index contributed by atoms with van der Waals surface area (Å²) in [7, 11) is 0. The molecule has 2 N–H and O–H groups in total. The van der Waals surface area contributed by atoms with Crippen molar-refractivity contribution in [1.82, 2.24) is 14.7 Å². The van der Waals surface area contributed by atoms with E-state index in [0.717, 1.165) is 32.3 Å². The molecule has 116 valence electrons. The molecule has 0 aromatic carbocycles. The summed E-state index contributed by atoms with van der Waals surface area (Å²) in [5, 5.41) is 0. The molecular formula is C15H30N4O. The lowest BCUT2D eigenvalue weighted by atomic mass is 10.0. The number of hydrogen-bond donors (Lipinski definition) is 1. The van der Waals surface area contributed by atoms with Crippen molar-refractivity contribution in [3.63, 3.8) is 0 Å². The van der Waals surface area contributed by atoms with Crippen LogP contribution >= 0.6 is 0 Å². The number of nitrogens with zero attached hydrogens (tertiary/aromatic N) is 3.